The van der Waals surface area contributed by atoms with Crippen LogP contribution in [0.1, 0.15) is 80.1 Å². The number of nitrogens with one attached hydrogen (secondary N) is 1. The predicted molar refractivity (Wildman–Crippen MR) is 176 cm³/mol. The number of amides is 3. The Bertz CT molecular complexity index is 1780. The molecule has 0 fully saturated rings. The lowest BCUT2D eigenvalue weighted by Gasteiger charge is -2.30. The van der Waals surface area contributed by atoms with Gasteiger partial charge in [0, 0.05) is 49.6 Å². The first-order valence-electron chi connectivity index (χ1n) is 15.3. The number of anilines is 1. The van der Waals surface area contributed by atoms with Crippen LogP contribution in [0.25, 0.3) is 16.5 Å². The normalized spacial score (nSPS) is 14.0. The van der Waals surface area contributed by atoms with E-state index in [1.807, 2.05) is 71.2 Å². The molecule has 46 heavy (non-hydrogen) atoms. The Morgan fingerprint density at radius 1 is 1.07 bits per heavy atom. The number of hydrogen-bond acceptors (Lipinski definition) is 8. The molecule has 4 aromatic rings. The molecule has 0 radical (unpaired) electrons. The summed E-state index contributed by atoms with van der Waals surface area (Å²) < 4.78 is 5.50. The lowest BCUT2D eigenvalue weighted by Crippen LogP contribution is -2.39. The van der Waals surface area contributed by atoms with Gasteiger partial charge in [-0.2, -0.15) is 0 Å². The van der Waals surface area contributed by atoms with Crippen LogP contribution in [0.4, 0.5) is 10.6 Å². The molecule has 238 valence electrons. The highest BCUT2D eigenvalue weighted by molar-refractivity contribution is 5.99. The van der Waals surface area contributed by atoms with Crippen molar-refractivity contribution in [3.8, 4) is 0 Å². The van der Waals surface area contributed by atoms with Gasteiger partial charge in [0.1, 0.15) is 17.2 Å². The molecule has 1 aromatic carbocycles. The molecule has 11 nitrogen and oxygen atoms in total. The number of carbonyl (C=O) groups excluding carboxylic acids is 3. The zero-order valence-electron chi connectivity index (χ0n) is 27.1. The number of hydrogen-bond donors (Lipinski definition) is 1. The number of aromatic nitrogens is 4. The summed E-state index contributed by atoms with van der Waals surface area (Å²) in [5.41, 5.74) is 4.21. The van der Waals surface area contributed by atoms with Crippen molar-refractivity contribution in [1.82, 2.24) is 29.7 Å². The smallest absolute Gasteiger partial charge is 0.410 e. The summed E-state index contributed by atoms with van der Waals surface area (Å²) in [6, 6.07) is 12.5. The maximum absolute atomic E-state index is 14.1. The van der Waals surface area contributed by atoms with E-state index in [1.165, 1.54) is 6.92 Å². The second-order valence-corrected chi connectivity index (χ2v) is 12.4. The van der Waals surface area contributed by atoms with E-state index in [0.717, 1.165) is 22.1 Å². The maximum atomic E-state index is 14.1. The average molecular weight is 622 g/mol. The molecule has 11 heteroatoms. The SMILES string of the molecule is CC(=O)Nc1nc2ccc(C(=O)N(Cc3ccc(C4=CCN(C(=O)OC(C)(C)C)CC4)cn3)[C@H](C)c3ncccn3)cc2cc1C. The van der Waals surface area contributed by atoms with E-state index in [-0.39, 0.29) is 24.5 Å². The zero-order chi connectivity index (χ0) is 33.0. The first-order valence-corrected chi connectivity index (χ1v) is 15.3. The van der Waals surface area contributed by atoms with Gasteiger partial charge in [0.25, 0.3) is 5.91 Å². The number of benzene rings is 1. The summed E-state index contributed by atoms with van der Waals surface area (Å²) in [6.07, 6.45) is 7.54. The third-order valence-corrected chi connectivity index (χ3v) is 7.62. The largest absolute Gasteiger partial charge is 0.444 e. The van der Waals surface area contributed by atoms with E-state index in [0.29, 0.717) is 47.9 Å². The van der Waals surface area contributed by atoms with Crippen molar-refractivity contribution in [3.05, 3.63) is 95.3 Å². The maximum Gasteiger partial charge on any atom is 0.410 e. The van der Waals surface area contributed by atoms with Crippen LogP contribution in [0.2, 0.25) is 0 Å². The van der Waals surface area contributed by atoms with Crippen molar-refractivity contribution in [2.45, 2.75) is 66.2 Å². The number of ether oxygens (including phenoxy) is 1. The van der Waals surface area contributed by atoms with E-state index in [2.05, 4.69) is 20.3 Å². The van der Waals surface area contributed by atoms with Crippen LogP contribution in [-0.2, 0) is 16.1 Å². The highest BCUT2D eigenvalue weighted by atomic mass is 16.6. The number of nitrogens with zero attached hydrogens (tertiary/aromatic N) is 6. The van der Waals surface area contributed by atoms with Gasteiger partial charge < -0.3 is 19.9 Å². The van der Waals surface area contributed by atoms with Crippen molar-refractivity contribution < 1.29 is 19.1 Å². The Kier molecular flexibility index (Phi) is 9.41. The van der Waals surface area contributed by atoms with E-state index in [1.54, 1.807) is 40.4 Å². The van der Waals surface area contributed by atoms with Crippen LogP contribution in [0.3, 0.4) is 0 Å². The fourth-order valence-electron chi connectivity index (χ4n) is 5.23. The van der Waals surface area contributed by atoms with E-state index >= 15 is 0 Å². The Morgan fingerprint density at radius 3 is 2.46 bits per heavy atom. The second kappa shape index (κ2) is 13.4. The molecule has 1 N–H and O–H groups in total. The van der Waals surface area contributed by atoms with Gasteiger partial charge in [-0.25, -0.2) is 19.7 Å². The van der Waals surface area contributed by atoms with Crippen molar-refractivity contribution in [3.63, 3.8) is 0 Å². The third kappa shape index (κ3) is 7.71. The van der Waals surface area contributed by atoms with Gasteiger partial charge in [0.2, 0.25) is 5.91 Å². The van der Waals surface area contributed by atoms with E-state index in [9.17, 15) is 14.4 Å². The predicted octanol–water partition coefficient (Wildman–Crippen LogP) is 6.11. The van der Waals surface area contributed by atoms with E-state index in [4.69, 9.17) is 9.72 Å². The fraction of sp³-hybridized carbons (Fsp3) is 0.343. The molecule has 0 unspecified atom stereocenters. The van der Waals surface area contributed by atoms with Gasteiger partial charge in [0.15, 0.2) is 0 Å². The Hall–Kier alpha value is -5.19. The average Bonchev–Trinajstić information content (AvgIpc) is 3.03. The standard InChI is InChI=1S/C35H39N7O4/c1-22-18-28-19-26(9-11-30(28)40-31(22)39-24(3)43)33(44)42(23(2)32-36-14-7-15-37-32)21-29-10-8-27(20-38-29)25-12-16-41(17-13-25)34(45)46-35(4,5)6/h7-12,14-15,18-20,23H,13,16-17,21H2,1-6H3,(H,39,40,43)/t23-/m1/s1. The van der Waals surface area contributed by atoms with Gasteiger partial charge >= 0.3 is 6.09 Å². The van der Waals surface area contributed by atoms with Gasteiger partial charge in [0.05, 0.1) is 23.8 Å². The van der Waals surface area contributed by atoms with Gasteiger partial charge in [-0.15, -0.1) is 0 Å². The van der Waals surface area contributed by atoms with Crippen molar-refractivity contribution in [2.24, 2.45) is 0 Å². The number of fused-ring (bicyclic) bond motifs is 1. The quantitative estimate of drug-likeness (QED) is 0.261. The Morgan fingerprint density at radius 2 is 1.83 bits per heavy atom. The molecule has 0 bridgehead atoms. The molecule has 4 heterocycles. The second-order valence-electron chi connectivity index (χ2n) is 12.4. The number of aryl methyl sites for hydroxylation is 1. The van der Waals surface area contributed by atoms with Crippen LogP contribution >= 0.6 is 0 Å². The monoisotopic (exact) mass is 621 g/mol. The molecular weight excluding hydrogens is 582 g/mol. The van der Waals surface area contributed by atoms with Crippen LogP contribution in [0, 0.1) is 6.92 Å². The summed E-state index contributed by atoms with van der Waals surface area (Å²) in [6.45, 7) is 12.1. The summed E-state index contributed by atoms with van der Waals surface area (Å²) >= 11 is 0. The van der Waals surface area contributed by atoms with Crippen LogP contribution in [0.5, 0.6) is 0 Å². The molecule has 0 aliphatic carbocycles. The lowest BCUT2D eigenvalue weighted by molar-refractivity contribution is -0.114. The number of rotatable bonds is 7. The molecule has 1 aliphatic heterocycles. The first-order chi connectivity index (χ1) is 21.9. The first kappa shape index (κ1) is 32.2. The zero-order valence-corrected chi connectivity index (χ0v) is 27.1. The highest BCUT2D eigenvalue weighted by Gasteiger charge is 2.27. The van der Waals surface area contributed by atoms with Crippen LogP contribution in [0.15, 0.2) is 67.1 Å². The van der Waals surface area contributed by atoms with Crippen molar-refractivity contribution >= 4 is 40.2 Å². The number of pyridine rings is 2. The molecular formula is C35H39N7O4. The summed E-state index contributed by atoms with van der Waals surface area (Å²) in [4.78, 5) is 59.7. The fourth-order valence-corrected chi connectivity index (χ4v) is 5.23. The van der Waals surface area contributed by atoms with Gasteiger partial charge in [-0.3, -0.25) is 14.6 Å². The van der Waals surface area contributed by atoms with Crippen molar-refractivity contribution in [2.75, 3.05) is 18.4 Å². The Balaban J connectivity index is 1.37. The molecule has 1 aliphatic rings. The van der Waals surface area contributed by atoms with Gasteiger partial charge in [-0.05, 0) is 94.1 Å². The van der Waals surface area contributed by atoms with Gasteiger partial charge in [-0.1, -0.05) is 12.1 Å². The molecule has 0 saturated heterocycles. The molecule has 0 saturated carbocycles. The number of carbonyl (C=O) groups is 3. The minimum atomic E-state index is -0.538. The summed E-state index contributed by atoms with van der Waals surface area (Å²) in [5.74, 6) is 0.618. The topological polar surface area (TPSA) is 131 Å². The summed E-state index contributed by atoms with van der Waals surface area (Å²) in [7, 11) is 0. The molecule has 5 rings (SSSR count). The van der Waals surface area contributed by atoms with Crippen LogP contribution < -0.4 is 5.32 Å². The minimum Gasteiger partial charge on any atom is -0.444 e. The lowest BCUT2D eigenvalue weighted by atomic mass is 10.0. The third-order valence-electron chi connectivity index (χ3n) is 7.62. The minimum absolute atomic E-state index is 0.198. The molecule has 1 atom stereocenters. The Labute approximate surface area is 268 Å². The van der Waals surface area contributed by atoms with Crippen LogP contribution in [-0.4, -0.2) is 66.3 Å². The molecule has 3 amide bonds. The van der Waals surface area contributed by atoms with E-state index < -0.39 is 11.6 Å². The molecule has 3 aromatic heterocycles. The highest BCUT2D eigenvalue weighted by Crippen LogP contribution is 2.27. The van der Waals surface area contributed by atoms with Crippen molar-refractivity contribution in [1.29, 1.82) is 0 Å². The molecule has 0 spiro atoms. The summed E-state index contributed by atoms with van der Waals surface area (Å²) in [5, 5.41) is 3.54.